The Morgan fingerprint density at radius 1 is 1.16 bits per heavy atom. The molecule has 194 valence electrons. The van der Waals surface area contributed by atoms with E-state index >= 15 is 0 Å². The van der Waals surface area contributed by atoms with Gasteiger partial charge < -0.3 is 32.1 Å². The molecular weight excluding hydrogens is 477 g/mol. The number of aliphatic hydroxyl groups excluding tert-OH is 1. The Labute approximate surface area is 213 Å². The standard InChI is InChI=1S/C26H30FN7O3/c1-14(2)31-25(36)15-3-4-19(27)18(9-15)21-6-5-20(29)24(32-21)26(37)33-22-11-30-8-7-23(22)34-12-16(28)10-17(35)13-34/h3-9,11,14,16-17,35H,10,12-13,28-29H2,1-2H3,(H,31,36)(H,33,37)/t16-,17+/m0/s1. The number of hydrogen-bond donors (Lipinski definition) is 5. The van der Waals surface area contributed by atoms with Crippen molar-refractivity contribution in [2.75, 3.05) is 29.0 Å². The van der Waals surface area contributed by atoms with Crippen LogP contribution in [0.3, 0.4) is 0 Å². The number of pyridine rings is 2. The Bertz CT molecular complexity index is 1310. The normalized spacial score (nSPS) is 17.5. The zero-order valence-corrected chi connectivity index (χ0v) is 20.6. The number of carbonyl (C=O) groups is 2. The minimum Gasteiger partial charge on any atom is -0.397 e. The van der Waals surface area contributed by atoms with Crippen molar-refractivity contribution in [3.8, 4) is 11.3 Å². The van der Waals surface area contributed by atoms with E-state index in [1.807, 2.05) is 18.7 Å². The summed E-state index contributed by atoms with van der Waals surface area (Å²) in [6, 6.07) is 8.31. The molecule has 1 aromatic carbocycles. The van der Waals surface area contributed by atoms with Crippen LogP contribution in [0.15, 0.2) is 48.8 Å². The fourth-order valence-electron chi connectivity index (χ4n) is 4.26. The number of hydrogen-bond acceptors (Lipinski definition) is 8. The quantitative estimate of drug-likeness (QED) is 0.339. The summed E-state index contributed by atoms with van der Waals surface area (Å²) in [6.45, 7) is 4.50. The summed E-state index contributed by atoms with van der Waals surface area (Å²) < 4.78 is 14.7. The van der Waals surface area contributed by atoms with Crippen LogP contribution in [0.1, 0.15) is 41.1 Å². The zero-order chi connectivity index (χ0) is 26.7. The third-order valence-corrected chi connectivity index (χ3v) is 5.91. The lowest BCUT2D eigenvalue weighted by Crippen LogP contribution is -2.49. The van der Waals surface area contributed by atoms with Gasteiger partial charge in [0.1, 0.15) is 5.82 Å². The molecular formula is C26H30FN7O3. The predicted octanol–water partition coefficient (Wildman–Crippen LogP) is 2.15. The first-order valence-corrected chi connectivity index (χ1v) is 11.9. The molecule has 2 atom stereocenters. The molecule has 0 bridgehead atoms. The van der Waals surface area contributed by atoms with Gasteiger partial charge in [0.15, 0.2) is 5.69 Å². The third-order valence-electron chi connectivity index (χ3n) is 5.91. The first-order valence-electron chi connectivity index (χ1n) is 11.9. The second-order valence-corrected chi connectivity index (χ2v) is 9.36. The van der Waals surface area contributed by atoms with E-state index < -0.39 is 17.8 Å². The van der Waals surface area contributed by atoms with Crippen molar-refractivity contribution in [2.45, 2.75) is 38.5 Å². The summed E-state index contributed by atoms with van der Waals surface area (Å²) in [7, 11) is 0. The Kier molecular flexibility index (Phi) is 7.65. The molecule has 1 aliphatic rings. The Morgan fingerprint density at radius 3 is 2.68 bits per heavy atom. The number of amides is 2. The molecule has 1 saturated heterocycles. The Hall–Kier alpha value is -4.09. The van der Waals surface area contributed by atoms with E-state index in [2.05, 4.69) is 20.6 Å². The van der Waals surface area contributed by atoms with Gasteiger partial charge in [-0.05, 0) is 56.7 Å². The van der Waals surface area contributed by atoms with Crippen molar-refractivity contribution in [1.82, 2.24) is 15.3 Å². The number of aliphatic hydroxyl groups is 1. The lowest BCUT2D eigenvalue weighted by atomic mass is 10.0. The summed E-state index contributed by atoms with van der Waals surface area (Å²) >= 11 is 0. The molecule has 37 heavy (non-hydrogen) atoms. The lowest BCUT2D eigenvalue weighted by molar-refractivity contribution is 0.0942. The molecule has 10 nitrogen and oxygen atoms in total. The van der Waals surface area contributed by atoms with E-state index in [4.69, 9.17) is 11.5 Å². The van der Waals surface area contributed by atoms with Crippen LogP contribution in [0.4, 0.5) is 21.5 Å². The van der Waals surface area contributed by atoms with Gasteiger partial charge >= 0.3 is 0 Å². The summed E-state index contributed by atoms with van der Waals surface area (Å²) in [5.74, 6) is -1.57. The Morgan fingerprint density at radius 2 is 1.95 bits per heavy atom. The van der Waals surface area contributed by atoms with Crippen LogP contribution in [-0.2, 0) is 0 Å². The number of nitrogens with zero attached hydrogens (tertiary/aromatic N) is 3. The van der Waals surface area contributed by atoms with Crippen LogP contribution in [0, 0.1) is 5.82 Å². The first-order chi connectivity index (χ1) is 17.6. The number of halogens is 1. The van der Waals surface area contributed by atoms with Crippen LogP contribution < -0.4 is 27.0 Å². The van der Waals surface area contributed by atoms with Crippen LogP contribution in [-0.4, -0.2) is 58.2 Å². The molecule has 2 amide bonds. The highest BCUT2D eigenvalue weighted by atomic mass is 19.1. The molecule has 3 aromatic rings. The number of rotatable bonds is 6. The monoisotopic (exact) mass is 507 g/mol. The third kappa shape index (κ3) is 6.01. The SMILES string of the molecule is CC(C)NC(=O)c1ccc(F)c(-c2ccc(N)c(C(=O)Nc3cnccc3N3C[C@@H](N)C[C@@H](O)C3)n2)c1. The van der Waals surface area contributed by atoms with E-state index in [0.29, 0.717) is 30.9 Å². The van der Waals surface area contributed by atoms with Crippen molar-refractivity contribution in [2.24, 2.45) is 5.73 Å². The molecule has 0 radical (unpaired) electrons. The number of benzene rings is 1. The van der Waals surface area contributed by atoms with Crippen LogP contribution in [0.2, 0.25) is 0 Å². The van der Waals surface area contributed by atoms with Crippen LogP contribution in [0.5, 0.6) is 0 Å². The second-order valence-electron chi connectivity index (χ2n) is 9.36. The van der Waals surface area contributed by atoms with Gasteiger partial charge in [0, 0.05) is 42.5 Å². The van der Waals surface area contributed by atoms with Gasteiger partial charge in [-0.15, -0.1) is 0 Å². The first kappa shape index (κ1) is 26.0. The number of carbonyl (C=O) groups excluding carboxylic acids is 2. The molecule has 7 N–H and O–H groups in total. The van der Waals surface area contributed by atoms with Gasteiger partial charge in [0.2, 0.25) is 0 Å². The zero-order valence-electron chi connectivity index (χ0n) is 20.6. The predicted molar refractivity (Wildman–Crippen MR) is 140 cm³/mol. The van der Waals surface area contributed by atoms with Crippen molar-refractivity contribution >= 4 is 28.9 Å². The minimum atomic E-state index is -0.621. The molecule has 11 heteroatoms. The van der Waals surface area contributed by atoms with E-state index in [1.54, 1.807) is 12.3 Å². The highest BCUT2D eigenvalue weighted by Gasteiger charge is 2.26. The summed E-state index contributed by atoms with van der Waals surface area (Å²) in [5.41, 5.74) is 13.6. The number of anilines is 3. The highest BCUT2D eigenvalue weighted by Crippen LogP contribution is 2.29. The summed E-state index contributed by atoms with van der Waals surface area (Å²) in [6.07, 6.45) is 2.96. The van der Waals surface area contributed by atoms with Crippen LogP contribution >= 0.6 is 0 Å². The molecule has 0 aliphatic carbocycles. The fraction of sp³-hybridized carbons (Fsp3) is 0.308. The average Bonchev–Trinajstić information content (AvgIpc) is 2.84. The van der Waals surface area contributed by atoms with Gasteiger partial charge in [0.05, 0.1) is 35.1 Å². The maximum atomic E-state index is 14.7. The molecule has 1 aliphatic heterocycles. The number of nitrogens with two attached hydrogens (primary N) is 2. The minimum absolute atomic E-state index is 0.0591. The van der Waals surface area contributed by atoms with Crippen molar-refractivity contribution in [3.05, 3.63) is 65.9 Å². The number of aromatic nitrogens is 2. The molecule has 3 heterocycles. The number of piperidine rings is 1. The van der Waals surface area contributed by atoms with Crippen molar-refractivity contribution in [1.29, 1.82) is 0 Å². The van der Waals surface area contributed by atoms with Crippen LogP contribution in [0.25, 0.3) is 11.3 Å². The van der Waals surface area contributed by atoms with Crippen molar-refractivity contribution in [3.63, 3.8) is 0 Å². The molecule has 0 spiro atoms. The Balaban J connectivity index is 1.63. The van der Waals surface area contributed by atoms with E-state index in [1.165, 1.54) is 36.5 Å². The summed E-state index contributed by atoms with van der Waals surface area (Å²) in [5, 5.41) is 15.7. The molecule has 4 rings (SSSR count). The van der Waals surface area contributed by atoms with Gasteiger partial charge in [-0.3, -0.25) is 14.6 Å². The molecule has 1 fully saturated rings. The van der Waals surface area contributed by atoms with E-state index in [0.717, 1.165) is 0 Å². The number of nitrogens with one attached hydrogen (secondary N) is 2. The number of β-amino-alcohol motifs (C(OH)–C–C–N with tert-alkyl or cyclic N) is 1. The van der Waals surface area contributed by atoms with E-state index in [-0.39, 0.29) is 46.2 Å². The maximum absolute atomic E-state index is 14.7. The van der Waals surface area contributed by atoms with Crippen molar-refractivity contribution < 1.29 is 19.1 Å². The van der Waals surface area contributed by atoms with Gasteiger partial charge in [-0.2, -0.15) is 0 Å². The molecule has 2 aromatic heterocycles. The van der Waals surface area contributed by atoms with E-state index in [9.17, 15) is 19.1 Å². The molecule has 0 saturated carbocycles. The molecule has 0 unspecified atom stereocenters. The average molecular weight is 508 g/mol. The summed E-state index contributed by atoms with van der Waals surface area (Å²) in [4.78, 5) is 35.9. The fourth-order valence-corrected chi connectivity index (χ4v) is 4.26. The second kappa shape index (κ2) is 10.9. The number of nitrogen functional groups attached to an aromatic ring is 1. The van der Waals surface area contributed by atoms with Gasteiger partial charge in [-0.1, -0.05) is 0 Å². The lowest BCUT2D eigenvalue weighted by Gasteiger charge is -2.36. The smallest absolute Gasteiger partial charge is 0.276 e. The highest BCUT2D eigenvalue weighted by molar-refractivity contribution is 6.08. The topological polar surface area (TPSA) is 159 Å². The maximum Gasteiger partial charge on any atom is 0.276 e. The van der Waals surface area contributed by atoms with Gasteiger partial charge in [0.25, 0.3) is 11.8 Å². The largest absolute Gasteiger partial charge is 0.397 e. The van der Waals surface area contributed by atoms with Gasteiger partial charge in [-0.25, -0.2) is 9.37 Å².